The van der Waals surface area contributed by atoms with Crippen LogP contribution in [-0.4, -0.2) is 48.3 Å². The summed E-state index contributed by atoms with van der Waals surface area (Å²) in [5.74, 6) is 1.95. The molecular formula is C10H20N2OS. The van der Waals surface area contributed by atoms with Gasteiger partial charge in [-0.15, -0.1) is 0 Å². The van der Waals surface area contributed by atoms with Gasteiger partial charge in [0.1, 0.15) is 0 Å². The van der Waals surface area contributed by atoms with E-state index in [2.05, 4.69) is 26.5 Å². The molecule has 1 fully saturated rings. The number of nitrogens with zero attached hydrogens (tertiary/aromatic N) is 2. The molecule has 0 aromatic carbocycles. The van der Waals surface area contributed by atoms with Gasteiger partial charge in [-0.25, -0.2) is 4.79 Å². The lowest BCUT2D eigenvalue weighted by Crippen LogP contribution is -2.35. The smallest absolute Gasteiger partial charge is 0.319 e. The first-order chi connectivity index (χ1) is 6.56. The first-order valence-corrected chi connectivity index (χ1v) is 5.80. The van der Waals surface area contributed by atoms with Gasteiger partial charge in [0.25, 0.3) is 0 Å². The van der Waals surface area contributed by atoms with Crippen molar-refractivity contribution in [1.82, 2.24) is 9.80 Å². The van der Waals surface area contributed by atoms with Crippen molar-refractivity contribution < 1.29 is 4.79 Å². The fourth-order valence-corrected chi connectivity index (χ4v) is 2.17. The molecule has 3 nitrogen and oxygen atoms in total. The molecule has 0 N–H and O–H groups in total. The maximum Gasteiger partial charge on any atom is 0.319 e. The van der Waals surface area contributed by atoms with Crippen LogP contribution in [-0.2, 0) is 0 Å². The third kappa shape index (κ3) is 2.56. The Hall–Kier alpha value is -0.380. The molecular weight excluding hydrogens is 196 g/mol. The van der Waals surface area contributed by atoms with Gasteiger partial charge in [0.05, 0.1) is 0 Å². The number of hydrogen-bond donors (Lipinski definition) is 1. The maximum atomic E-state index is 11.6. The second-order valence-electron chi connectivity index (χ2n) is 4.34. The van der Waals surface area contributed by atoms with Gasteiger partial charge in [-0.2, -0.15) is 12.6 Å². The molecule has 0 aromatic rings. The number of hydrogen-bond acceptors (Lipinski definition) is 2. The summed E-state index contributed by atoms with van der Waals surface area (Å²) >= 11 is 4.33. The minimum Gasteiger partial charge on any atom is -0.326 e. The van der Waals surface area contributed by atoms with Gasteiger partial charge >= 0.3 is 6.03 Å². The Kier molecular flexibility index (Phi) is 4.11. The van der Waals surface area contributed by atoms with Gasteiger partial charge in [0.2, 0.25) is 0 Å². The molecule has 1 aliphatic heterocycles. The van der Waals surface area contributed by atoms with Gasteiger partial charge < -0.3 is 9.80 Å². The first kappa shape index (κ1) is 11.7. The predicted octanol–water partition coefficient (Wildman–Crippen LogP) is 1.56. The molecule has 0 spiro atoms. The number of carbonyl (C=O) groups excluding carboxylic acids is 1. The van der Waals surface area contributed by atoms with Crippen LogP contribution in [0.4, 0.5) is 4.79 Å². The SMILES string of the molecule is CC(C)C(CS)CN1CCN(C)C1=O. The van der Waals surface area contributed by atoms with Crippen LogP contribution in [0.3, 0.4) is 0 Å². The van der Waals surface area contributed by atoms with Crippen molar-refractivity contribution in [2.45, 2.75) is 13.8 Å². The van der Waals surface area contributed by atoms with Crippen LogP contribution in [0, 0.1) is 11.8 Å². The molecule has 82 valence electrons. The van der Waals surface area contributed by atoms with E-state index in [1.807, 2.05) is 11.9 Å². The monoisotopic (exact) mass is 216 g/mol. The highest BCUT2D eigenvalue weighted by molar-refractivity contribution is 7.80. The van der Waals surface area contributed by atoms with E-state index in [1.54, 1.807) is 4.90 Å². The van der Waals surface area contributed by atoms with Crippen molar-refractivity contribution in [3.05, 3.63) is 0 Å². The fraction of sp³-hybridized carbons (Fsp3) is 0.900. The molecule has 1 saturated heterocycles. The van der Waals surface area contributed by atoms with Gasteiger partial charge in [-0.3, -0.25) is 0 Å². The highest BCUT2D eigenvalue weighted by Gasteiger charge is 2.27. The highest BCUT2D eigenvalue weighted by Crippen LogP contribution is 2.17. The number of urea groups is 1. The molecule has 1 aliphatic rings. The fourth-order valence-electron chi connectivity index (χ4n) is 1.64. The third-order valence-electron chi connectivity index (χ3n) is 2.93. The van der Waals surface area contributed by atoms with Crippen molar-refractivity contribution in [2.24, 2.45) is 11.8 Å². The molecule has 0 radical (unpaired) electrons. The molecule has 0 aliphatic carbocycles. The first-order valence-electron chi connectivity index (χ1n) is 5.17. The molecule has 1 unspecified atom stereocenters. The van der Waals surface area contributed by atoms with E-state index in [1.165, 1.54) is 0 Å². The maximum absolute atomic E-state index is 11.6. The zero-order valence-corrected chi connectivity index (χ0v) is 10.1. The summed E-state index contributed by atoms with van der Waals surface area (Å²) in [6.45, 7) is 6.95. The Morgan fingerprint density at radius 3 is 2.43 bits per heavy atom. The Labute approximate surface area is 91.9 Å². The summed E-state index contributed by atoms with van der Waals surface area (Å²) in [7, 11) is 1.85. The summed E-state index contributed by atoms with van der Waals surface area (Å²) in [5.41, 5.74) is 0. The lowest BCUT2D eigenvalue weighted by Gasteiger charge is -2.24. The van der Waals surface area contributed by atoms with E-state index in [0.29, 0.717) is 11.8 Å². The average Bonchev–Trinajstić information content (AvgIpc) is 2.44. The van der Waals surface area contributed by atoms with Crippen molar-refractivity contribution in [3.8, 4) is 0 Å². The van der Waals surface area contributed by atoms with E-state index in [0.717, 1.165) is 25.4 Å². The van der Waals surface area contributed by atoms with Gasteiger partial charge in [-0.1, -0.05) is 13.8 Å². The summed E-state index contributed by atoms with van der Waals surface area (Å²) in [4.78, 5) is 15.3. The minimum absolute atomic E-state index is 0.164. The molecule has 1 rings (SSSR count). The largest absolute Gasteiger partial charge is 0.326 e. The third-order valence-corrected chi connectivity index (χ3v) is 3.40. The minimum atomic E-state index is 0.164. The number of amides is 2. The van der Waals surface area contributed by atoms with Crippen LogP contribution in [0.1, 0.15) is 13.8 Å². The Balaban J connectivity index is 2.47. The molecule has 0 aromatic heterocycles. The number of rotatable bonds is 4. The highest BCUT2D eigenvalue weighted by atomic mass is 32.1. The van der Waals surface area contributed by atoms with E-state index < -0.39 is 0 Å². The van der Waals surface area contributed by atoms with Crippen LogP contribution in [0.15, 0.2) is 0 Å². The van der Waals surface area contributed by atoms with Crippen molar-refractivity contribution in [2.75, 3.05) is 32.4 Å². The van der Waals surface area contributed by atoms with E-state index in [9.17, 15) is 4.79 Å². The lowest BCUT2D eigenvalue weighted by molar-refractivity contribution is 0.188. The molecule has 2 amide bonds. The molecule has 4 heteroatoms. The zero-order chi connectivity index (χ0) is 10.7. The summed E-state index contributed by atoms with van der Waals surface area (Å²) in [6, 6.07) is 0.164. The summed E-state index contributed by atoms with van der Waals surface area (Å²) in [6.07, 6.45) is 0. The topological polar surface area (TPSA) is 23.6 Å². The van der Waals surface area contributed by atoms with E-state index >= 15 is 0 Å². The lowest BCUT2D eigenvalue weighted by atomic mass is 9.97. The van der Waals surface area contributed by atoms with Crippen LogP contribution < -0.4 is 0 Å². The van der Waals surface area contributed by atoms with E-state index in [-0.39, 0.29) is 6.03 Å². The Bertz CT molecular complexity index is 208. The normalized spacial score (nSPS) is 19.6. The van der Waals surface area contributed by atoms with Gasteiger partial charge in [-0.05, 0) is 17.6 Å². The zero-order valence-electron chi connectivity index (χ0n) is 9.23. The molecule has 14 heavy (non-hydrogen) atoms. The average molecular weight is 216 g/mol. The Morgan fingerprint density at radius 1 is 1.43 bits per heavy atom. The van der Waals surface area contributed by atoms with Crippen LogP contribution in [0.2, 0.25) is 0 Å². The Morgan fingerprint density at radius 2 is 2.07 bits per heavy atom. The van der Waals surface area contributed by atoms with Crippen molar-refractivity contribution >= 4 is 18.7 Å². The number of thiol groups is 1. The predicted molar refractivity (Wildman–Crippen MR) is 61.8 cm³/mol. The van der Waals surface area contributed by atoms with Crippen LogP contribution >= 0.6 is 12.6 Å². The summed E-state index contributed by atoms with van der Waals surface area (Å²) < 4.78 is 0. The standard InChI is InChI=1S/C10H20N2OS/c1-8(2)9(7-14)6-12-5-4-11(3)10(12)13/h8-9,14H,4-7H2,1-3H3. The van der Waals surface area contributed by atoms with Crippen LogP contribution in [0.25, 0.3) is 0 Å². The van der Waals surface area contributed by atoms with Gasteiger partial charge in [0, 0.05) is 26.7 Å². The molecule has 0 bridgehead atoms. The number of likely N-dealkylation sites (N-methyl/N-ethyl adjacent to an activating group) is 1. The van der Waals surface area contributed by atoms with Crippen LogP contribution in [0.5, 0.6) is 0 Å². The van der Waals surface area contributed by atoms with Gasteiger partial charge in [0.15, 0.2) is 0 Å². The quantitative estimate of drug-likeness (QED) is 0.708. The molecule has 0 saturated carbocycles. The second kappa shape index (κ2) is 4.91. The van der Waals surface area contributed by atoms with E-state index in [4.69, 9.17) is 0 Å². The number of carbonyl (C=O) groups is 1. The van der Waals surface area contributed by atoms with Crippen molar-refractivity contribution in [1.29, 1.82) is 0 Å². The molecule has 1 heterocycles. The summed E-state index contributed by atoms with van der Waals surface area (Å²) in [5, 5.41) is 0. The molecule has 1 atom stereocenters. The van der Waals surface area contributed by atoms with Crippen molar-refractivity contribution in [3.63, 3.8) is 0 Å². The second-order valence-corrected chi connectivity index (χ2v) is 4.70.